The zero-order valence-corrected chi connectivity index (χ0v) is 9.82. The first kappa shape index (κ1) is 13.8. The molecular weight excluding hydrogens is 255 g/mol. The summed E-state index contributed by atoms with van der Waals surface area (Å²) < 4.78 is 39.0. The molecule has 0 bridgehead atoms. The number of carbonyl (C=O) groups is 1. The van der Waals surface area contributed by atoms with Crippen LogP contribution in [0.2, 0.25) is 0 Å². The van der Waals surface area contributed by atoms with Crippen LogP contribution in [-0.4, -0.2) is 17.8 Å². The number of hydrogen-bond acceptors (Lipinski definition) is 1. The lowest BCUT2D eigenvalue weighted by Crippen LogP contribution is -2.31. The van der Waals surface area contributed by atoms with Crippen LogP contribution >= 0.6 is 11.6 Å². The van der Waals surface area contributed by atoms with E-state index in [1.807, 2.05) is 6.92 Å². The van der Waals surface area contributed by atoms with Gasteiger partial charge < -0.3 is 5.32 Å². The lowest BCUT2D eigenvalue weighted by Gasteiger charge is -2.09. The predicted octanol–water partition coefficient (Wildman–Crippen LogP) is 2.85. The van der Waals surface area contributed by atoms with Crippen molar-refractivity contribution in [2.24, 2.45) is 0 Å². The molecule has 0 heterocycles. The SMILES string of the molecule is CCC(Cl)CNC(=O)c1c(F)cc(F)cc1F. The molecule has 0 fully saturated rings. The van der Waals surface area contributed by atoms with Crippen LogP contribution < -0.4 is 5.32 Å². The summed E-state index contributed by atoms with van der Waals surface area (Å²) >= 11 is 5.74. The van der Waals surface area contributed by atoms with Crippen molar-refractivity contribution in [2.45, 2.75) is 18.7 Å². The van der Waals surface area contributed by atoms with Crippen molar-refractivity contribution in [3.05, 3.63) is 35.1 Å². The second-order valence-electron chi connectivity index (χ2n) is 3.46. The predicted molar refractivity (Wildman–Crippen MR) is 58.6 cm³/mol. The quantitative estimate of drug-likeness (QED) is 0.834. The van der Waals surface area contributed by atoms with E-state index in [4.69, 9.17) is 11.6 Å². The van der Waals surface area contributed by atoms with Crippen molar-refractivity contribution in [2.75, 3.05) is 6.54 Å². The van der Waals surface area contributed by atoms with Crippen molar-refractivity contribution in [1.82, 2.24) is 5.32 Å². The molecule has 1 aromatic carbocycles. The molecule has 1 aromatic rings. The number of rotatable bonds is 4. The highest BCUT2D eigenvalue weighted by Crippen LogP contribution is 2.14. The Morgan fingerprint density at radius 3 is 2.35 bits per heavy atom. The van der Waals surface area contributed by atoms with E-state index in [-0.39, 0.29) is 11.9 Å². The van der Waals surface area contributed by atoms with E-state index in [0.717, 1.165) is 0 Å². The third-order valence-corrected chi connectivity index (χ3v) is 2.62. The minimum atomic E-state index is -1.23. The van der Waals surface area contributed by atoms with Crippen LogP contribution in [0, 0.1) is 17.5 Å². The normalized spacial score (nSPS) is 12.3. The Hall–Kier alpha value is -1.23. The summed E-state index contributed by atoms with van der Waals surface area (Å²) in [7, 11) is 0. The minimum Gasteiger partial charge on any atom is -0.350 e. The van der Waals surface area contributed by atoms with E-state index in [9.17, 15) is 18.0 Å². The molecule has 0 aromatic heterocycles. The summed E-state index contributed by atoms with van der Waals surface area (Å²) in [4.78, 5) is 11.4. The van der Waals surface area contributed by atoms with Gasteiger partial charge >= 0.3 is 0 Å². The fourth-order valence-electron chi connectivity index (χ4n) is 1.20. The van der Waals surface area contributed by atoms with Gasteiger partial charge in [-0.3, -0.25) is 4.79 Å². The standard InChI is InChI=1S/C11H11ClF3NO/c1-2-6(12)5-16-11(17)10-8(14)3-7(13)4-9(10)15/h3-4,6H,2,5H2,1H3,(H,16,17). The first-order valence-corrected chi connectivity index (χ1v) is 5.46. The minimum absolute atomic E-state index is 0.0904. The largest absolute Gasteiger partial charge is 0.350 e. The van der Waals surface area contributed by atoms with Gasteiger partial charge in [0.05, 0.1) is 5.38 Å². The highest BCUT2D eigenvalue weighted by Gasteiger charge is 2.19. The number of alkyl halides is 1. The van der Waals surface area contributed by atoms with Gasteiger partial charge in [-0.2, -0.15) is 0 Å². The van der Waals surface area contributed by atoms with Gasteiger partial charge in [0.2, 0.25) is 0 Å². The Balaban J connectivity index is 2.82. The van der Waals surface area contributed by atoms with Gasteiger partial charge in [0.1, 0.15) is 23.0 Å². The highest BCUT2D eigenvalue weighted by molar-refractivity contribution is 6.20. The second-order valence-corrected chi connectivity index (χ2v) is 4.08. The van der Waals surface area contributed by atoms with Gasteiger partial charge in [-0.25, -0.2) is 13.2 Å². The van der Waals surface area contributed by atoms with Crippen molar-refractivity contribution in [1.29, 1.82) is 0 Å². The highest BCUT2D eigenvalue weighted by atomic mass is 35.5. The molecule has 0 spiro atoms. The van der Waals surface area contributed by atoms with Crippen LogP contribution in [0.4, 0.5) is 13.2 Å². The smallest absolute Gasteiger partial charge is 0.257 e. The first-order chi connectivity index (χ1) is 7.95. The Labute approximate surface area is 102 Å². The summed E-state index contributed by atoms with van der Waals surface area (Å²) in [6.07, 6.45) is 0.607. The van der Waals surface area contributed by atoms with Gasteiger partial charge in [0.25, 0.3) is 5.91 Å². The zero-order chi connectivity index (χ0) is 13.0. The summed E-state index contributed by atoms with van der Waals surface area (Å²) in [5.41, 5.74) is -0.800. The Morgan fingerprint density at radius 1 is 1.35 bits per heavy atom. The van der Waals surface area contributed by atoms with Crippen molar-refractivity contribution in [3.8, 4) is 0 Å². The molecule has 2 nitrogen and oxygen atoms in total. The second kappa shape index (κ2) is 5.91. The zero-order valence-electron chi connectivity index (χ0n) is 9.07. The van der Waals surface area contributed by atoms with E-state index < -0.39 is 28.9 Å². The summed E-state index contributed by atoms with van der Waals surface area (Å²) in [6, 6.07) is 0.909. The van der Waals surface area contributed by atoms with E-state index in [1.54, 1.807) is 0 Å². The molecule has 17 heavy (non-hydrogen) atoms. The molecule has 0 radical (unpaired) electrons. The van der Waals surface area contributed by atoms with Gasteiger partial charge in [-0.15, -0.1) is 11.6 Å². The monoisotopic (exact) mass is 265 g/mol. The molecular formula is C11H11ClF3NO. The third-order valence-electron chi connectivity index (χ3n) is 2.16. The average molecular weight is 266 g/mol. The molecule has 0 aliphatic heterocycles. The van der Waals surface area contributed by atoms with Crippen LogP contribution in [-0.2, 0) is 0 Å². The Kier molecular flexibility index (Phi) is 4.81. The maximum atomic E-state index is 13.2. The Bertz CT molecular complexity index is 402. The van der Waals surface area contributed by atoms with E-state index in [1.165, 1.54) is 0 Å². The summed E-state index contributed by atoms with van der Waals surface area (Å²) in [5.74, 6) is -4.48. The van der Waals surface area contributed by atoms with Gasteiger partial charge in [-0.05, 0) is 6.42 Å². The molecule has 6 heteroatoms. The van der Waals surface area contributed by atoms with Crippen LogP contribution in [0.25, 0.3) is 0 Å². The lowest BCUT2D eigenvalue weighted by molar-refractivity contribution is 0.0945. The van der Waals surface area contributed by atoms with E-state index in [2.05, 4.69) is 5.32 Å². The van der Waals surface area contributed by atoms with Crippen LogP contribution in [0.3, 0.4) is 0 Å². The van der Waals surface area contributed by atoms with Crippen LogP contribution in [0.15, 0.2) is 12.1 Å². The number of carbonyl (C=O) groups excluding carboxylic acids is 1. The topological polar surface area (TPSA) is 29.1 Å². The third kappa shape index (κ3) is 3.63. The van der Waals surface area contributed by atoms with Gasteiger partial charge in [0, 0.05) is 18.7 Å². The van der Waals surface area contributed by atoms with Crippen molar-refractivity contribution >= 4 is 17.5 Å². The fraction of sp³-hybridized carbons (Fsp3) is 0.364. The molecule has 1 atom stereocenters. The molecule has 1 unspecified atom stereocenters. The van der Waals surface area contributed by atoms with Crippen molar-refractivity contribution < 1.29 is 18.0 Å². The molecule has 1 amide bonds. The van der Waals surface area contributed by atoms with Crippen LogP contribution in [0.1, 0.15) is 23.7 Å². The fourth-order valence-corrected chi connectivity index (χ4v) is 1.27. The maximum absolute atomic E-state index is 13.2. The summed E-state index contributed by atoms with van der Waals surface area (Å²) in [6.45, 7) is 1.90. The lowest BCUT2D eigenvalue weighted by atomic mass is 10.1. The molecule has 0 saturated carbocycles. The Morgan fingerprint density at radius 2 is 1.88 bits per heavy atom. The number of benzene rings is 1. The number of amides is 1. The van der Waals surface area contributed by atoms with Gasteiger partial charge in [0.15, 0.2) is 0 Å². The van der Waals surface area contributed by atoms with Crippen LogP contribution in [0.5, 0.6) is 0 Å². The molecule has 0 aliphatic rings. The number of nitrogens with one attached hydrogen (secondary N) is 1. The average Bonchev–Trinajstić information content (AvgIpc) is 2.24. The molecule has 94 valence electrons. The number of hydrogen-bond donors (Lipinski definition) is 1. The molecule has 1 N–H and O–H groups in total. The molecule has 0 saturated heterocycles. The van der Waals surface area contributed by atoms with Crippen molar-refractivity contribution in [3.63, 3.8) is 0 Å². The van der Waals surface area contributed by atoms with E-state index >= 15 is 0 Å². The molecule has 1 rings (SSSR count). The van der Waals surface area contributed by atoms with E-state index in [0.29, 0.717) is 18.6 Å². The van der Waals surface area contributed by atoms with Gasteiger partial charge in [-0.1, -0.05) is 6.92 Å². The number of halogens is 4. The summed E-state index contributed by atoms with van der Waals surface area (Å²) in [5, 5.41) is 1.96. The first-order valence-electron chi connectivity index (χ1n) is 5.02. The molecule has 0 aliphatic carbocycles. The maximum Gasteiger partial charge on any atom is 0.257 e.